The van der Waals surface area contributed by atoms with Gasteiger partial charge in [-0.2, -0.15) is 4.98 Å². The number of anilines is 2. The van der Waals surface area contributed by atoms with E-state index in [1.165, 1.54) is 32.1 Å². The van der Waals surface area contributed by atoms with E-state index >= 15 is 0 Å². The lowest BCUT2D eigenvalue weighted by atomic mass is 9.89. The summed E-state index contributed by atoms with van der Waals surface area (Å²) in [7, 11) is 2.08. The molecule has 112 valence electrons. The Labute approximate surface area is 126 Å². The van der Waals surface area contributed by atoms with E-state index in [0.29, 0.717) is 11.0 Å². The van der Waals surface area contributed by atoms with E-state index in [9.17, 15) is 0 Å². The molecule has 1 N–H and O–H groups in total. The molecule has 4 nitrogen and oxygen atoms in total. The maximum atomic E-state index is 6.25. The van der Waals surface area contributed by atoms with E-state index in [1.807, 2.05) is 0 Å². The molecule has 0 spiro atoms. The van der Waals surface area contributed by atoms with Crippen LogP contribution in [0.4, 0.5) is 11.8 Å². The number of nitrogens with one attached hydrogen (secondary N) is 1. The number of hydrogen-bond donors (Lipinski definition) is 1. The van der Waals surface area contributed by atoms with Crippen molar-refractivity contribution >= 4 is 23.4 Å². The summed E-state index contributed by atoms with van der Waals surface area (Å²) in [4.78, 5) is 10.9. The highest BCUT2D eigenvalue weighted by Gasteiger charge is 2.18. The minimum absolute atomic E-state index is 0.630. The van der Waals surface area contributed by atoms with Crippen LogP contribution in [0.3, 0.4) is 0 Å². The molecule has 1 aromatic heterocycles. The highest BCUT2D eigenvalue weighted by Crippen LogP contribution is 2.28. The second kappa shape index (κ2) is 7.67. The number of hydrogen-bond acceptors (Lipinski definition) is 4. The topological polar surface area (TPSA) is 41.1 Å². The Hall–Kier alpha value is -1.03. The standard InChI is InChI=1S/C15H25ClN4/c1-3-9-17-15-18-10-13(16)14(19-15)20(2)11-12-7-5-4-6-8-12/h10,12H,3-9,11H2,1-2H3,(H,17,18,19). The van der Waals surface area contributed by atoms with Gasteiger partial charge in [0.15, 0.2) is 5.82 Å². The van der Waals surface area contributed by atoms with Crippen LogP contribution in [0.2, 0.25) is 5.02 Å². The van der Waals surface area contributed by atoms with Crippen molar-refractivity contribution in [2.75, 3.05) is 30.4 Å². The van der Waals surface area contributed by atoms with Gasteiger partial charge < -0.3 is 10.2 Å². The zero-order chi connectivity index (χ0) is 14.4. The third-order valence-corrected chi connectivity index (χ3v) is 4.14. The Balaban J connectivity index is 2.01. The lowest BCUT2D eigenvalue weighted by Crippen LogP contribution is -2.28. The lowest BCUT2D eigenvalue weighted by molar-refractivity contribution is 0.361. The molecule has 1 aliphatic carbocycles. The minimum atomic E-state index is 0.630. The molecule has 1 fully saturated rings. The summed E-state index contributed by atoms with van der Waals surface area (Å²) >= 11 is 6.25. The van der Waals surface area contributed by atoms with E-state index in [2.05, 4.69) is 34.2 Å². The van der Waals surface area contributed by atoms with Crippen LogP contribution >= 0.6 is 11.6 Å². The van der Waals surface area contributed by atoms with Gasteiger partial charge in [0.05, 0.1) is 6.20 Å². The molecule has 5 heteroatoms. The van der Waals surface area contributed by atoms with Crippen LogP contribution in [0, 0.1) is 5.92 Å². The molecule has 0 radical (unpaired) electrons. The second-order valence-corrected chi connectivity index (χ2v) is 6.08. The zero-order valence-electron chi connectivity index (χ0n) is 12.5. The third kappa shape index (κ3) is 4.23. The molecule has 1 aromatic rings. The first-order valence-electron chi connectivity index (χ1n) is 7.68. The van der Waals surface area contributed by atoms with Gasteiger partial charge in [-0.15, -0.1) is 0 Å². The average molecular weight is 297 g/mol. The predicted octanol–water partition coefficient (Wildman–Crippen LogP) is 3.97. The quantitative estimate of drug-likeness (QED) is 0.862. The number of rotatable bonds is 6. The first kappa shape index (κ1) is 15.4. The van der Waals surface area contributed by atoms with E-state index < -0.39 is 0 Å². The van der Waals surface area contributed by atoms with Gasteiger partial charge in [0, 0.05) is 20.1 Å². The average Bonchev–Trinajstić information content (AvgIpc) is 2.47. The number of aromatic nitrogens is 2. The fourth-order valence-corrected chi connectivity index (χ4v) is 3.03. The van der Waals surface area contributed by atoms with Gasteiger partial charge in [0.25, 0.3) is 0 Å². The summed E-state index contributed by atoms with van der Waals surface area (Å²) in [6.07, 6.45) is 9.51. The molecule has 1 saturated carbocycles. The molecule has 0 unspecified atom stereocenters. The van der Waals surface area contributed by atoms with Crippen molar-refractivity contribution in [2.24, 2.45) is 5.92 Å². The molecule has 20 heavy (non-hydrogen) atoms. The maximum Gasteiger partial charge on any atom is 0.224 e. The second-order valence-electron chi connectivity index (χ2n) is 5.68. The summed E-state index contributed by atoms with van der Waals surface area (Å²) in [5.41, 5.74) is 0. The van der Waals surface area contributed by atoms with Gasteiger partial charge >= 0.3 is 0 Å². The smallest absolute Gasteiger partial charge is 0.224 e. The molecule has 0 bridgehead atoms. The van der Waals surface area contributed by atoms with Crippen LogP contribution in [0.5, 0.6) is 0 Å². The fourth-order valence-electron chi connectivity index (χ4n) is 2.79. The minimum Gasteiger partial charge on any atom is -0.358 e. The van der Waals surface area contributed by atoms with Gasteiger partial charge in [-0.1, -0.05) is 37.8 Å². The lowest BCUT2D eigenvalue weighted by Gasteiger charge is -2.28. The van der Waals surface area contributed by atoms with Gasteiger partial charge in [-0.05, 0) is 25.2 Å². The van der Waals surface area contributed by atoms with E-state index in [1.54, 1.807) is 6.20 Å². The molecule has 0 atom stereocenters. The Morgan fingerprint density at radius 2 is 2.10 bits per heavy atom. The van der Waals surface area contributed by atoms with Crippen molar-refractivity contribution in [3.63, 3.8) is 0 Å². The van der Waals surface area contributed by atoms with Gasteiger partial charge in [0.1, 0.15) is 5.02 Å². The van der Waals surface area contributed by atoms with Gasteiger partial charge in [-0.25, -0.2) is 4.98 Å². The molecular weight excluding hydrogens is 272 g/mol. The Morgan fingerprint density at radius 3 is 2.80 bits per heavy atom. The summed E-state index contributed by atoms with van der Waals surface area (Å²) in [5, 5.41) is 3.84. The molecule has 0 saturated heterocycles. The molecule has 0 aromatic carbocycles. The summed E-state index contributed by atoms with van der Waals surface area (Å²) in [6.45, 7) is 4.04. The number of halogens is 1. The fraction of sp³-hybridized carbons (Fsp3) is 0.733. The Bertz CT molecular complexity index is 418. The van der Waals surface area contributed by atoms with Crippen LogP contribution in [-0.2, 0) is 0 Å². The van der Waals surface area contributed by atoms with Crippen LogP contribution in [0.1, 0.15) is 45.4 Å². The summed E-state index contributed by atoms with van der Waals surface area (Å²) < 4.78 is 0. The molecule has 0 aliphatic heterocycles. The monoisotopic (exact) mass is 296 g/mol. The maximum absolute atomic E-state index is 6.25. The first-order valence-corrected chi connectivity index (χ1v) is 8.06. The highest BCUT2D eigenvalue weighted by molar-refractivity contribution is 6.32. The van der Waals surface area contributed by atoms with Crippen LogP contribution in [0.15, 0.2) is 6.20 Å². The molecule has 0 amide bonds. The van der Waals surface area contributed by atoms with Gasteiger partial charge in [0.2, 0.25) is 5.95 Å². The van der Waals surface area contributed by atoms with E-state index in [-0.39, 0.29) is 0 Å². The van der Waals surface area contributed by atoms with E-state index in [0.717, 1.165) is 31.2 Å². The van der Waals surface area contributed by atoms with Crippen LogP contribution in [-0.4, -0.2) is 30.1 Å². The van der Waals surface area contributed by atoms with Crippen LogP contribution in [0.25, 0.3) is 0 Å². The van der Waals surface area contributed by atoms with E-state index in [4.69, 9.17) is 11.6 Å². The van der Waals surface area contributed by atoms with Gasteiger partial charge in [-0.3, -0.25) is 0 Å². The van der Waals surface area contributed by atoms with Crippen molar-refractivity contribution in [2.45, 2.75) is 45.4 Å². The Kier molecular flexibility index (Phi) is 5.89. The van der Waals surface area contributed by atoms with Crippen molar-refractivity contribution in [1.82, 2.24) is 9.97 Å². The van der Waals surface area contributed by atoms with Crippen molar-refractivity contribution < 1.29 is 0 Å². The largest absolute Gasteiger partial charge is 0.358 e. The number of nitrogens with zero attached hydrogens (tertiary/aromatic N) is 3. The molecular formula is C15H25ClN4. The molecule has 1 heterocycles. The molecule has 2 rings (SSSR count). The normalized spacial score (nSPS) is 16.1. The van der Waals surface area contributed by atoms with Crippen molar-refractivity contribution in [1.29, 1.82) is 0 Å². The Morgan fingerprint density at radius 1 is 1.35 bits per heavy atom. The summed E-state index contributed by atoms with van der Waals surface area (Å²) in [5.74, 6) is 2.28. The summed E-state index contributed by atoms with van der Waals surface area (Å²) in [6, 6.07) is 0. The first-order chi connectivity index (χ1) is 9.70. The molecule has 1 aliphatic rings. The van der Waals surface area contributed by atoms with Crippen LogP contribution < -0.4 is 10.2 Å². The highest BCUT2D eigenvalue weighted by atomic mass is 35.5. The third-order valence-electron chi connectivity index (χ3n) is 3.88. The zero-order valence-corrected chi connectivity index (χ0v) is 13.3. The SMILES string of the molecule is CCCNc1ncc(Cl)c(N(C)CC2CCCCC2)n1. The predicted molar refractivity (Wildman–Crippen MR) is 85.7 cm³/mol. The van der Waals surface area contributed by atoms with Crippen molar-refractivity contribution in [3.8, 4) is 0 Å². The van der Waals surface area contributed by atoms with Crippen molar-refractivity contribution in [3.05, 3.63) is 11.2 Å².